The minimum atomic E-state index is 0.249. The predicted molar refractivity (Wildman–Crippen MR) is 109 cm³/mol. The number of hydrogen-bond acceptors (Lipinski definition) is 3. The normalized spacial score (nSPS) is 13.8. The number of hydrogen-bond donors (Lipinski definition) is 3. The molecule has 0 bridgehead atoms. The van der Waals surface area contributed by atoms with E-state index >= 15 is 0 Å². The number of nitrogens with one attached hydrogen (secondary N) is 3. The van der Waals surface area contributed by atoms with Crippen LogP contribution in [0.2, 0.25) is 0 Å². The third-order valence-corrected chi connectivity index (χ3v) is 4.74. The highest BCUT2D eigenvalue weighted by Crippen LogP contribution is 2.18. The maximum atomic E-state index is 4.36. The number of aliphatic imine (C=N–C) groups is 1. The molecule has 6 heteroatoms. The van der Waals surface area contributed by atoms with Crippen LogP contribution in [0, 0.1) is 0 Å². The van der Waals surface area contributed by atoms with E-state index in [9.17, 15) is 0 Å². The van der Waals surface area contributed by atoms with Crippen molar-refractivity contribution in [2.75, 3.05) is 7.05 Å². The highest BCUT2D eigenvalue weighted by atomic mass is 15.2. The quantitative estimate of drug-likeness (QED) is 0.464. The van der Waals surface area contributed by atoms with E-state index in [1.807, 2.05) is 18.2 Å². The summed E-state index contributed by atoms with van der Waals surface area (Å²) in [6, 6.07) is 19.0. The lowest BCUT2D eigenvalue weighted by Crippen LogP contribution is -2.43. The average molecular weight is 362 g/mol. The fourth-order valence-electron chi connectivity index (χ4n) is 2.94. The number of benzene rings is 2. The Kier molecular flexibility index (Phi) is 6.20. The van der Waals surface area contributed by atoms with E-state index in [-0.39, 0.29) is 6.04 Å². The summed E-state index contributed by atoms with van der Waals surface area (Å²) in [5, 5.41) is 13.7. The molecule has 2 aromatic carbocycles. The molecule has 140 valence electrons. The second kappa shape index (κ2) is 8.98. The van der Waals surface area contributed by atoms with E-state index < -0.39 is 0 Å². The Morgan fingerprint density at radius 1 is 1.11 bits per heavy atom. The fourth-order valence-corrected chi connectivity index (χ4v) is 2.94. The van der Waals surface area contributed by atoms with Crippen LogP contribution >= 0.6 is 0 Å². The van der Waals surface area contributed by atoms with Gasteiger partial charge in [-0.1, -0.05) is 55.5 Å². The molecule has 0 aliphatic heterocycles. The van der Waals surface area contributed by atoms with Gasteiger partial charge in [-0.2, -0.15) is 5.10 Å². The van der Waals surface area contributed by atoms with Gasteiger partial charge in [0.2, 0.25) is 0 Å². The van der Waals surface area contributed by atoms with Crippen LogP contribution in [0.4, 0.5) is 0 Å². The van der Waals surface area contributed by atoms with Gasteiger partial charge in [-0.05, 0) is 24.1 Å². The molecule has 3 aromatic rings. The molecule has 0 saturated carbocycles. The standard InChI is InChI=1S/C21H26N6/c1-15(18-9-5-4-6-10-18)16(2)26-21(22-3)23-13-17-8-7-11-19(12-17)20-24-14-25-27-20/h4-12,14-16H,13H2,1-3H3,(H2,22,23,26)(H,24,25,27). The minimum absolute atomic E-state index is 0.249. The van der Waals surface area contributed by atoms with Crippen LogP contribution in [0.25, 0.3) is 11.4 Å². The summed E-state index contributed by atoms with van der Waals surface area (Å²) in [7, 11) is 1.79. The fraction of sp³-hybridized carbons (Fsp3) is 0.286. The summed E-state index contributed by atoms with van der Waals surface area (Å²) in [4.78, 5) is 8.56. The van der Waals surface area contributed by atoms with Crippen LogP contribution in [0.3, 0.4) is 0 Å². The van der Waals surface area contributed by atoms with Crippen LogP contribution in [-0.4, -0.2) is 34.2 Å². The van der Waals surface area contributed by atoms with Gasteiger partial charge in [-0.3, -0.25) is 10.1 Å². The van der Waals surface area contributed by atoms with Gasteiger partial charge in [0.1, 0.15) is 6.33 Å². The zero-order valence-electron chi connectivity index (χ0n) is 16.0. The van der Waals surface area contributed by atoms with Gasteiger partial charge in [0.25, 0.3) is 0 Å². The molecule has 0 spiro atoms. The van der Waals surface area contributed by atoms with Crippen LogP contribution < -0.4 is 10.6 Å². The van der Waals surface area contributed by atoms with Crippen molar-refractivity contribution in [3.63, 3.8) is 0 Å². The molecule has 3 rings (SSSR count). The molecule has 2 unspecified atom stereocenters. The molecule has 0 aliphatic rings. The first-order valence-electron chi connectivity index (χ1n) is 9.14. The van der Waals surface area contributed by atoms with E-state index in [0.717, 1.165) is 22.9 Å². The van der Waals surface area contributed by atoms with Crippen molar-refractivity contribution in [3.05, 3.63) is 72.1 Å². The largest absolute Gasteiger partial charge is 0.353 e. The SMILES string of the molecule is CN=C(NCc1cccc(-c2ncn[nH]2)c1)NC(C)C(C)c1ccccc1. The Morgan fingerprint density at radius 3 is 2.63 bits per heavy atom. The van der Waals surface area contributed by atoms with Crippen molar-refractivity contribution in [1.82, 2.24) is 25.8 Å². The number of guanidine groups is 1. The Labute approximate surface area is 160 Å². The van der Waals surface area contributed by atoms with E-state index in [1.165, 1.54) is 11.9 Å². The molecule has 0 radical (unpaired) electrons. The highest BCUT2D eigenvalue weighted by molar-refractivity contribution is 5.80. The number of H-pyrrole nitrogens is 1. The first-order valence-corrected chi connectivity index (χ1v) is 9.14. The Bertz CT molecular complexity index is 857. The predicted octanol–water partition coefficient (Wildman–Crippen LogP) is 3.33. The lowest BCUT2D eigenvalue weighted by molar-refractivity contribution is 0.550. The molecular formula is C21H26N6. The van der Waals surface area contributed by atoms with Gasteiger partial charge in [-0.25, -0.2) is 4.98 Å². The van der Waals surface area contributed by atoms with E-state index in [2.05, 4.69) is 81.1 Å². The summed E-state index contributed by atoms with van der Waals surface area (Å²) >= 11 is 0. The first kappa shape index (κ1) is 18.6. The smallest absolute Gasteiger partial charge is 0.191 e. The lowest BCUT2D eigenvalue weighted by Gasteiger charge is -2.24. The molecule has 0 aliphatic carbocycles. The number of rotatable bonds is 6. The molecule has 0 amide bonds. The molecule has 6 nitrogen and oxygen atoms in total. The molecular weight excluding hydrogens is 336 g/mol. The van der Waals surface area contributed by atoms with Gasteiger partial charge in [0.05, 0.1) is 0 Å². The average Bonchev–Trinajstić information content (AvgIpc) is 3.26. The molecule has 3 N–H and O–H groups in total. The first-order chi connectivity index (χ1) is 13.2. The highest BCUT2D eigenvalue weighted by Gasteiger charge is 2.15. The maximum absolute atomic E-state index is 4.36. The Morgan fingerprint density at radius 2 is 1.93 bits per heavy atom. The van der Waals surface area contributed by atoms with Crippen LogP contribution in [0.1, 0.15) is 30.9 Å². The summed E-state index contributed by atoms with van der Waals surface area (Å²) in [5.74, 6) is 1.93. The third kappa shape index (κ3) is 4.94. The number of aromatic amines is 1. The molecule has 2 atom stereocenters. The van der Waals surface area contributed by atoms with E-state index in [0.29, 0.717) is 12.5 Å². The van der Waals surface area contributed by atoms with Gasteiger partial charge in [-0.15, -0.1) is 0 Å². The monoisotopic (exact) mass is 362 g/mol. The van der Waals surface area contributed by atoms with Crippen molar-refractivity contribution in [2.45, 2.75) is 32.4 Å². The van der Waals surface area contributed by atoms with Crippen molar-refractivity contribution in [2.24, 2.45) is 4.99 Å². The number of aromatic nitrogens is 3. The van der Waals surface area contributed by atoms with Crippen molar-refractivity contribution in [1.29, 1.82) is 0 Å². The lowest BCUT2D eigenvalue weighted by atomic mass is 9.94. The summed E-state index contributed by atoms with van der Waals surface area (Å²) < 4.78 is 0. The summed E-state index contributed by atoms with van der Waals surface area (Å²) in [6.07, 6.45) is 1.52. The van der Waals surface area contributed by atoms with Crippen molar-refractivity contribution >= 4 is 5.96 Å². The number of nitrogens with zero attached hydrogens (tertiary/aromatic N) is 3. The zero-order chi connectivity index (χ0) is 19.1. The topological polar surface area (TPSA) is 78.0 Å². The van der Waals surface area contributed by atoms with Crippen LogP contribution in [0.15, 0.2) is 65.9 Å². The van der Waals surface area contributed by atoms with Crippen LogP contribution in [-0.2, 0) is 6.54 Å². The molecule has 27 heavy (non-hydrogen) atoms. The summed E-state index contributed by atoms with van der Waals surface area (Å²) in [5.41, 5.74) is 3.48. The second-order valence-corrected chi connectivity index (χ2v) is 6.59. The van der Waals surface area contributed by atoms with Crippen molar-refractivity contribution in [3.8, 4) is 11.4 Å². The van der Waals surface area contributed by atoms with Crippen molar-refractivity contribution < 1.29 is 0 Å². The zero-order valence-corrected chi connectivity index (χ0v) is 16.0. The maximum Gasteiger partial charge on any atom is 0.191 e. The second-order valence-electron chi connectivity index (χ2n) is 6.59. The van der Waals surface area contributed by atoms with Gasteiger partial charge >= 0.3 is 0 Å². The molecule has 0 saturated heterocycles. The Balaban J connectivity index is 1.59. The van der Waals surface area contributed by atoms with Gasteiger partial charge in [0, 0.05) is 31.1 Å². The molecule has 1 aromatic heterocycles. The molecule has 1 heterocycles. The van der Waals surface area contributed by atoms with E-state index in [4.69, 9.17) is 0 Å². The Hall–Kier alpha value is -3.15. The summed E-state index contributed by atoms with van der Waals surface area (Å²) in [6.45, 7) is 5.07. The minimum Gasteiger partial charge on any atom is -0.353 e. The van der Waals surface area contributed by atoms with E-state index in [1.54, 1.807) is 7.05 Å². The van der Waals surface area contributed by atoms with Gasteiger partial charge in [0.15, 0.2) is 11.8 Å². The van der Waals surface area contributed by atoms with Gasteiger partial charge < -0.3 is 10.6 Å². The third-order valence-electron chi connectivity index (χ3n) is 4.74. The molecule has 0 fully saturated rings. The van der Waals surface area contributed by atoms with Crippen LogP contribution in [0.5, 0.6) is 0 Å².